The lowest BCUT2D eigenvalue weighted by atomic mass is 9.96. The van der Waals surface area contributed by atoms with Gasteiger partial charge in [-0.05, 0) is 66.0 Å². The quantitative estimate of drug-likeness (QED) is 0.222. The average molecular weight is 607 g/mol. The van der Waals surface area contributed by atoms with E-state index in [1.54, 1.807) is 57.2 Å². The number of hydrogen-bond donors (Lipinski definition) is 0. The van der Waals surface area contributed by atoms with Gasteiger partial charge in [0.05, 0.1) is 38.4 Å². The summed E-state index contributed by atoms with van der Waals surface area (Å²) in [5.41, 5.74) is 0.945. The molecule has 1 aromatic heterocycles. The number of rotatable bonds is 7. The molecule has 3 aromatic rings. The predicted molar refractivity (Wildman–Crippen MR) is 144 cm³/mol. The number of nitro benzene ring substituents is 1. The van der Waals surface area contributed by atoms with Crippen LogP contribution in [0.4, 0.5) is 5.69 Å². The highest BCUT2D eigenvalue weighted by Crippen LogP contribution is 2.37. The van der Waals surface area contributed by atoms with Gasteiger partial charge in [-0.3, -0.25) is 19.5 Å². The summed E-state index contributed by atoms with van der Waals surface area (Å²) in [6.45, 7) is 5.51. The fourth-order valence-corrected chi connectivity index (χ4v) is 5.91. The number of fused-ring (bicyclic) bond motifs is 1. The van der Waals surface area contributed by atoms with E-state index < -0.39 is 22.5 Å². The SMILES string of the molecule is CCOC(=O)C1=C(C)N=c2s/c(=C\c3cc(Br)c(OCC)c([N+](=O)[O-])c3)c(=O)n2[C@@H]1c1ccccc1Cl. The number of nitrogens with zero attached hydrogens (tertiary/aromatic N) is 3. The van der Waals surface area contributed by atoms with E-state index in [1.165, 1.54) is 10.6 Å². The van der Waals surface area contributed by atoms with Crippen LogP contribution in [0.5, 0.6) is 5.75 Å². The lowest BCUT2D eigenvalue weighted by Gasteiger charge is -2.25. The van der Waals surface area contributed by atoms with Crippen molar-refractivity contribution in [3.63, 3.8) is 0 Å². The number of esters is 1. The zero-order chi connectivity index (χ0) is 26.9. The maximum Gasteiger partial charge on any atom is 0.338 e. The lowest BCUT2D eigenvalue weighted by Crippen LogP contribution is -2.40. The van der Waals surface area contributed by atoms with Crippen LogP contribution in [0.3, 0.4) is 0 Å². The van der Waals surface area contributed by atoms with Crippen LogP contribution in [0.25, 0.3) is 6.08 Å². The van der Waals surface area contributed by atoms with Gasteiger partial charge < -0.3 is 9.47 Å². The minimum atomic E-state index is -0.854. The highest BCUT2D eigenvalue weighted by molar-refractivity contribution is 9.10. The standard InChI is InChI=1S/C25H21BrClN3O6S/c1-4-35-22-16(26)10-14(11-18(22)30(33)34)12-19-23(31)29-21(15-8-6-7-9-17(15)27)20(24(32)36-5-2)13(3)28-25(29)37-19/h6-12,21H,4-5H2,1-3H3/b19-12-/t21-/m1/s1. The number of hydrogen-bond acceptors (Lipinski definition) is 8. The van der Waals surface area contributed by atoms with Crippen molar-refractivity contribution in [3.05, 3.63) is 98.1 Å². The summed E-state index contributed by atoms with van der Waals surface area (Å²) in [7, 11) is 0. The van der Waals surface area contributed by atoms with Crippen molar-refractivity contribution in [2.45, 2.75) is 26.8 Å². The van der Waals surface area contributed by atoms with Gasteiger partial charge in [0, 0.05) is 11.1 Å². The normalized spacial score (nSPS) is 15.3. The Kier molecular flexibility index (Phi) is 7.96. The molecule has 1 aliphatic heterocycles. The first kappa shape index (κ1) is 26.8. The van der Waals surface area contributed by atoms with Crippen LogP contribution in [0.2, 0.25) is 5.02 Å². The third-order valence-electron chi connectivity index (χ3n) is 5.55. The third kappa shape index (κ3) is 5.11. The monoisotopic (exact) mass is 605 g/mol. The fourth-order valence-electron chi connectivity index (χ4n) is 4.04. The molecule has 0 unspecified atom stereocenters. The minimum Gasteiger partial charge on any atom is -0.486 e. The first-order valence-electron chi connectivity index (χ1n) is 11.2. The molecule has 1 aliphatic rings. The zero-order valence-corrected chi connectivity index (χ0v) is 23.1. The van der Waals surface area contributed by atoms with Crippen LogP contribution in [-0.4, -0.2) is 28.7 Å². The van der Waals surface area contributed by atoms with E-state index in [4.69, 9.17) is 21.1 Å². The molecule has 192 valence electrons. The van der Waals surface area contributed by atoms with Gasteiger partial charge >= 0.3 is 11.7 Å². The van der Waals surface area contributed by atoms with Gasteiger partial charge in [0.15, 0.2) is 4.80 Å². The molecule has 0 fully saturated rings. The number of aromatic nitrogens is 1. The van der Waals surface area contributed by atoms with Crippen LogP contribution in [0.15, 0.2) is 61.9 Å². The van der Waals surface area contributed by atoms with Crippen molar-refractivity contribution >= 4 is 56.6 Å². The molecule has 0 N–H and O–H groups in total. The van der Waals surface area contributed by atoms with Gasteiger partial charge in [0.1, 0.15) is 6.04 Å². The Labute approximate surface area is 228 Å². The van der Waals surface area contributed by atoms with Crippen molar-refractivity contribution < 1.29 is 19.2 Å². The summed E-state index contributed by atoms with van der Waals surface area (Å²) < 4.78 is 12.8. The van der Waals surface area contributed by atoms with Crippen LogP contribution in [0, 0.1) is 10.1 Å². The summed E-state index contributed by atoms with van der Waals surface area (Å²) in [5.74, 6) is -0.478. The molecule has 0 spiro atoms. The Morgan fingerprint density at radius 3 is 2.68 bits per heavy atom. The summed E-state index contributed by atoms with van der Waals surface area (Å²) in [6.07, 6.45) is 1.55. The maximum atomic E-state index is 13.7. The molecule has 0 aliphatic carbocycles. The maximum absolute atomic E-state index is 13.7. The lowest BCUT2D eigenvalue weighted by molar-refractivity contribution is -0.385. The first-order valence-corrected chi connectivity index (χ1v) is 13.2. The van der Waals surface area contributed by atoms with E-state index in [1.807, 2.05) is 0 Å². The van der Waals surface area contributed by atoms with Crippen LogP contribution < -0.4 is 19.6 Å². The van der Waals surface area contributed by atoms with E-state index in [-0.39, 0.29) is 34.8 Å². The van der Waals surface area contributed by atoms with Gasteiger partial charge in [-0.25, -0.2) is 9.79 Å². The number of carbonyl (C=O) groups excluding carboxylic acids is 1. The van der Waals surface area contributed by atoms with Gasteiger partial charge in [-0.1, -0.05) is 41.1 Å². The Bertz CT molecular complexity index is 1630. The van der Waals surface area contributed by atoms with Crippen molar-refractivity contribution in [2.24, 2.45) is 4.99 Å². The third-order valence-corrected chi connectivity index (χ3v) is 7.46. The second-order valence-corrected chi connectivity index (χ2v) is 10.1. The molecule has 2 heterocycles. The zero-order valence-electron chi connectivity index (χ0n) is 20.0. The Morgan fingerprint density at radius 2 is 2.03 bits per heavy atom. The van der Waals surface area contributed by atoms with Gasteiger partial charge in [0.2, 0.25) is 5.75 Å². The van der Waals surface area contributed by atoms with E-state index in [0.717, 1.165) is 11.3 Å². The highest BCUT2D eigenvalue weighted by Gasteiger charge is 2.34. The molecule has 1 atom stereocenters. The second-order valence-electron chi connectivity index (χ2n) is 7.86. The van der Waals surface area contributed by atoms with Gasteiger partial charge in [-0.2, -0.15) is 0 Å². The van der Waals surface area contributed by atoms with E-state index >= 15 is 0 Å². The topological polar surface area (TPSA) is 113 Å². The van der Waals surface area contributed by atoms with Gasteiger partial charge in [-0.15, -0.1) is 0 Å². The molecule has 4 rings (SSSR count). The van der Waals surface area contributed by atoms with Crippen LogP contribution >= 0.6 is 38.9 Å². The molecule has 12 heteroatoms. The van der Waals surface area contributed by atoms with E-state index in [2.05, 4.69) is 20.9 Å². The summed E-state index contributed by atoms with van der Waals surface area (Å²) >= 11 is 10.9. The van der Waals surface area contributed by atoms with Crippen LogP contribution in [-0.2, 0) is 9.53 Å². The molecular formula is C25H21BrClN3O6S. The van der Waals surface area contributed by atoms with Crippen molar-refractivity contribution in [1.29, 1.82) is 0 Å². The Hall–Kier alpha value is -3.28. The average Bonchev–Trinajstić information content (AvgIpc) is 3.14. The van der Waals surface area contributed by atoms with Crippen molar-refractivity contribution in [2.75, 3.05) is 13.2 Å². The minimum absolute atomic E-state index is 0.111. The first-order chi connectivity index (χ1) is 17.7. The molecular weight excluding hydrogens is 586 g/mol. The predicted octanol–water partition coefficient (Wildman–Crippen LogP) is 4.52. The van der Waals surface area contributed by atoms with Gasteiger partial charge in [0.25, 0.3) is 5.56 Å². The Morgan fingerprint density at radius 1 is 1.30 bits per heavy atom. The number of carbonyl (C=O) groups is 1. The van der Waals surface area contributed by atoms with Crippen LogP contribution in [0.1, 0.15) is 37.9 Å². The summed E-state index contributed by atoms with van der Waals surface area (Å²) in [4.78, 5) is 42.7. The number of thiazole rings is 1. The Balaban J connectivity index is 1.96. The molecule has 0 radical (unpaired) electrons. The number of nitro groups is 1. The largest absolute Gasteiger partial charge is 0.486 e. The molecule has 0 saturated carbocycles. The number of ether oxygens (including phenoxy) is 2. The van der Waals surface area contributed by atoms with Crippen molar-refractivity contribution in [1.82, 2.24) is 4.57 Å². The number of halogens is 2. The molecule has 0 bridgehead atoms. The summed E-state index contributed by atoms with van der Waals surface area (Å²) in [6, 6.07) is 9.08. The second kappa shape index (κ2) is 11.0. The molecule has 0 saturated heterocycles. The number of allylic oxidation sites excluding steroid dienone is 1. The number of benzene rings is 2. The van der Waals surface area contributed by atoms with Crippen molar-refractivity contribution in [3.8, 4) is 5.75 Å². The van der Waals surface area contributed by atoms with E-state index in [0.29, 0.717) is 31.1 Å². The molecule has 2 aromatic carbocycles. The molecule has 37 heavy (non-hydrogen) atoms. The molecule has 9 nitrogen and oxygen atoms in total. The molecule has 0 amide bonds. The fraction of sp³-hybridized carbons (Fsp3) is 0.240. The summed E-state index contributed by atoms with van der Waals surface area (Å²) in [5, 5.41) is 12.0. The highest BCUT2D eigenvalue weighted by atomic mass is 79.9. The smallest absolute Gasteiger partial charge is 0.338 e. The van der Waals surface area contributed by atoms with E-state index in [9.17, 15) is 19.7 Å².